The highest BCUT2D eigenvalue weighted by molar-refractivity contribution is 5.70. The molecular formula is C50H42N4O. The predicted octanol–water partition coefficient (Wildman–Crippen LogP) is 12.0. The van der Waals surface area contributed by atoms with Crippen molar-refractivity contribution in [3.8, 4) is 44.5 Å². The summed E-state index contributed by atoms with van der Waals surface area (Å²) in [7, 11) is 0. The molecule has 2 atom stereocenters. The van der Waals surface area contributed by atoms with Gasteiger partial charge in [0.25, 0.3) is 0 Å². The van der Waals surface area contributed by atoms with E-state index in [2.05, 4.69) is 141 Å². The molecule has 0 amide bonds. The van der Waals surface area contributed by atoms with Gasteiger partial charge in [0.05, 0.1) is 12.2 Å². The van der Waals surface area contributed by atoms with E-state index in [1.807, 2.05) is 73.8 Å². The van der Waals surface area contributed by atoms with Crippen LogP contribution in [-0.4, -0.2) is 19.9 Å². The number of ether oxygens (including phenoxy) is 1. The first-order chi connectivity index (χ1) is 27.3. The number of pyridine rings is 4. The van der Waals surface area contributed by atoms with Crippen molar-refractivity contribution in [3.05, 3.63) is 217 Å². The fourth-order valence-electron chi connectivity index (χ4n) is 7.57. The standard InChI is InChI=1S/C50H42N4O/c1-3-19-43(39-15-9-29-51-33-39)37(13-1)25-27-49(47-23-7-5-21-45(47)41-17-11-31-53-35-41)55-50(48-24-8-6-22-46(48)42-18-12-32-54-36-42)28-26-38-14-2-4-20-44(38)40-16-10-30-52-34-40/h1-24,29-36,49-50H,25-28H2. The summed E-state index contributed by atoms with van der Waals surface area (Å²) in [5.74, 6) is 0. The van der Waals surface area contributed by atoms with Crippen molar-refractivity contribution in [1.82, 2.24) is 19.9 Å². The Hall–Kier alpha value is -6.56. The Balaban J connectivity index is 1.21. The highest BCUT2D eigenvalue weighted by atomic mass is 16.5. The van der Waals surface area contributed by atoms with Gasteiger partial charge >= 0.3 is 0 Å². The van der Waals surface area contributed by atoms with Crippen LogP contribution in [0.5, 0.6) is 0 Å². The zero-order valence-electron chi connectivity index (χ0n) is 30.7. The average Bonchev–Trinajstić information content (AvgIpc) is 3.27. The van der Waals surface area contributed by atoms with Crippen LogP contribution in [0.3, 0.4) is 0 Å². The van der Waals surface area contributed by atoms with Crippen LogP contribution in [-0.2, 0) is 17.6 Å². The first-order valence-electron chi connectivity index (χ1n) is 18.9. The molecule has 4 heterocycles. The largest absolute Gasteiger partial charge is 0.366 e. The van der Waals surface area contributed by atoms with Gasteiger partial charge in [-0.25, -0.2) is 0 Å². The van der Waals surface area contributed by atoms with Crippen LogP contribution in [0.4, 0.5) is 0 Å². The highest BCUT2D eigenvalue weighted by Crippen LogP contribution is 2.41. The summed E-state index contributed by atoms with van der Waals surface area (Å²) in [5, 5.41) is 0. The average molecular weight is 715 g/mol. The maximum atomic E-state index is 7.62. The van der Waals surface area contributed by atoms with Crippen LogP contribution < -0.4 is 0 Å². The number of benzene rings is 4. The topological polar surface area (TPSA) is 60.8 Å². The predicted molar refractivity (Wildman–Crippen MR) is 222 cm³/mol. The number of hydrogen-bond acceptors (Lipinski definition) is 5. The molecule has 0 radical (unpaired) electrons. The fourth-order valence-corrected chi connectivity index (χ4v) is 7.57. The molecule has 0 aliphatic rings. The Labute approximate surface area is 323 Å². The number of hydrogen-bond donors (Lipinski definition) is 0. The molecule has 2 unspecified atom stereocenters. The SMILES string of the molecule is c1cncc(-c2ccccc2CCC(OC(CCc2ccccc2-c2cccnc2)c2ccccc2-c2cccnc2)c2ccccc2-c2cccnc2)c1. The van der Waals surface area contributed by atoms with E-state index in [9.17, 15) is 0 Å². The fraction of sp³-hybridized carbons (Fsp3) is 0.120. The van der Waals surface area contributed by atoms with Gasteiger partial charge in [-0.3, -0.25) is 19.9 Å². The zero-order chi connectivity index (χ0) is 37.1. The van der Waals surface area contributed by atoms with E-state index in [0.29, 0.717) is 0 Å². The van der Waals surface area contributed by atoms with Crippen molar-refractivity contribution in [3.63, 3.8) is 0 Å². The molecule has 268 valence electrons. The maximum absolute atomic E-state index is 7.62. The number of aryl methyl sites for hydroxylation is 2. The van der Waals surface area contributed by atoms with Gasteiger partial charge < -0.3 is 4.74 Å². The minimum absolute atomic E-state index is 0.237. The second-order valence-corrected chi connectivity index (χ2v) is 13.6. The van der Waals surface area contributed by atoms with Gasteiger partial charge in [-0.1, -0.05) is 121 Å². The number of rotatable bonds is 14. The Kier molecular flexibility index (Phi) is 11.3. The van der Waals surface area contributed by atoms with Gasteiger partial charge in [-0.05, 0) is 94.5 Å². The van der Waals surface area contributed by atoms with Crippen LogP contribution in [0.25, 0.3) is 44.5 Å². The van der Waals surface area contributed by atoms with E-state index >= 15 is 0 Å². The second-order valence-electron chi connectivity index (χ2n) is 13.6. The number of nitrogens with zero attached hydrogens (tertiary/aromatic N) is 4. The monoisotopic (exact) mass is 714 g/mol. The third kappa shape index (κ3) is 8.49. The lowest BCUT2D eigenvalue weighted by atomic mass is 9.90. The molecule has 55 heavy (non-hydrogen) atoms. The molecule has 0 saturated heterocycles. The van der Waals surface area contributed by atoms with E-state index in [1.54, 1.807) is 0 Å². The zero-order valence-corrected chi connectivity index (χ0v) is 30.7. The normalized spacial score (nSPS) is 12.2. The molecule has 0 N–H and O–H groups in total. The molecule has 8 aromatic rings. The van der Waals surface area contributed by atoms with Gasteiger partial charge in [0.2, 0.25) is 0 Å². The summed E-state index contributed by atoms with van der Waals surface area (Å²) >= 11 is 0. The van der Waals surface area contributed by atoms with E-state index in [-0.39, 0.29) is 12.2 Å². The van der Waals surface area contributed by atoms with Crippen molar-refractivity contribution >= 4 is 0 Å². The summed E-state index contributed by atoms with van der Waals surface area (Å²) in [6.45, 7) is 0. The molecule has 0 fully saturated rings. The van der Waals surface area contributed by atoms with E-state index in [4.69, 9.17) is 4.74 Å². The van der Waals surface area contributed by atoms with E-state index < -0.39 is 0 Å². The molecule has 4 aromatic carbocycles. The van der Waals surface area contributed by atoms with Crippen LogP contribution in [0.1, 0.15) is 47.3 Å². The Bertz CT molecular complexity index is 2250. The Morgan fingerprint density at radius 1 is 0.345 bits per heavy atom. The van der Waals surface area contributed by atoms with Crippen molar-refractivity contribution in [2.75, 3.05) is 0 Å². The third-order valence-electron chi connectivity index (χ3n) is 10.2. The van der Waals surface area contributed by atoms with Gasteiger partial charge in [0.1, 0.15) is 0 Å². The Morgan fingerprint density at radius 2 is 0.673 bits per heavy atom. The maximum Gasteiger partial charge on any atom is 0.0842 e. The summed E-state index contributed by atoms with van der Waals surface area (Å²) in [6.07, 6.45) is 17.8. The quantitative estimate of drug-likeness (QED) is 0.112. The Morgan fingerprint density at radius 3 is 1.04 bits per heavy atom. The van der Waals surface area contributed by atoms with Crippen LogP contribution >= 0.6 is 0 Å². The molecule has 4 aromatic heterocycles. The highest BCUT2D eigenvalue weighted by Gasteiger charge is 2.26. The summed E-state index contributed by atoms with van der Waals surface area (Å²) in [4.78, 5) is 17.8. The van der Waals surface area contributed by atoms with Crippen LogP contribution in [0.15, 0.2) is 195 Å². The van der Waals surface area contributed by atoms with Gasteiger partial charge in [0, 0.05) is 71.8 Å². The molecule has 8 rings (SSSR count). The van der Waals surface area contributed by atoms with E-state index in [1.165, 1.54) is 22.3 Å². The van der Waals surface area contributed by atoms with E-state index in [0.717, 1.165) is 70.2 Å². The number of aromatic nitrogens is 4. The molecule has 0 aliphatic carbocycles. The lowest BCUT2D eigenvalue weighted by Crippen LogP contribution is -2.15. The van der Waals surface area contributed by atoms with Gasteiger partial charge in [-0.15, -0.1) is 0 Å². The minimum Gasteiger partial charge on any atom is -0.366 e. The summed E-state index contributed by atoms with van der Waals surface area (Å²) in [5.41, 5.74) is 13.8. The lowest BCUT2D eigenvalue weighted by Gasteiger charge is -2.29. The van der Waals surface area contributed by atoms with Gasteiger partial charge in [-0.2, -0.15) is 0 Å². The smallest absolute Gasteiger partial charge is 0.0842 e. The molecule has 5 nitrogen and oxygen atoms in total. The summed E-state index contributed by atoms with van der Waals surface area (Å²) in [6, 6.07) is 51.1. The van der Waals surface area contributed by atoms with Crippen molar-refractivity contribution in [1.29, 1.82) is 0 Å². The minimum atomic E-state index is -0.237. The van der Waals surface area contributed by atoms with Crippen LogP contribution in [0, 0.1) is 0 Å². The summed E-state index contributed by atoms with van der Waals surface area (Å²) < 4.78 is 7.62. The first kappa shape index (κ1) is 35.5. The van der Waals surface area contributed by atoms with Gasteiger partial charge in [0.15, 0.2) is 0 Å². The molecule has 5 heteroatoms. The van der Waals surface area contributed by atoms with Crippen molar-refractivity contribution in [2.24, 2.45) is 0 Å². The third-order valence-corrected chi connectivity index (χ3v) is 10.2. The van der Waals surface area contributed by atoms with Crippen molar-refractivity contribution < 1.29 is 4.74 Å². The van der Waals surface area contributed by atoms with Crippen LogP contribution in [0.2, 0.25) is 0 Å². The molecule has 0 bridgehead atoms. The molecule has 0 aliphatic heterocycles. The van der Waals surface area contributed by atoms with Crippen molar-refractivity contribution in [2.45, 2.75) is 37.9 Å². The first-order valence-corrected chi connectivity index (χ1v) is 18.9. The lowest BCUT2D eigenvalue weighted by molar-refractivity contribution is -0.0231. The molecular weight excluding hydrogens is 673 g/mol. The second kappa shape index (κ2) is 17.5. The molecule has 0 spiro atoms. The molecule has 0 saturated carbocycles.